The number of amides is 2. The topological polar surface area (TPSA) is 62.6 Å². The molecule has 0 aliphatic carbocycles. The van der Waals surface area contributed by atoms with Crippen LogP contribution in [0.3, 0.4) is 0 Å². The van der Waals surface area contributed by atoms with E-state index in [0.29, 0.717) is 11.3 Å². The normalized spacial score (nSPS) is 20.4. The Bertz CT molecular complexity index is 735. The van der Waals surface area contributed by atoms with Crippen molar-refractivity contribution in [2.75, 3.05) is 6.54 Å². The number of carbonyl (C=O) groups excluding carboxylic acids is 2. The van der Waals surface area contributed by atoms with E-state index < -0.39 is 5.37 Å². The lowest BCUT2D eigenvalue weighted by molar-refractivity contribution is -0.135. The second kappa shape index (κ2) is 7.09. The fourth-order valence-electron chi connectivity index (χ4n) is 2.56. The van der Waals surface area contributed by atoms with Crippen molar-refractivity contribution in [2.24, 2.45) is 0 Å². The standard InChI is InChI=1S/C17H17FN2O3S/c1-11-16(22)20(10-15(21)19-9-12-5-4-8-23-12)17(24-11)13-6-2-3-7-14(13)18/h2-8,11,17H,9-10H2,1H3,(H,19,21)/t11-,17+/m0/s1. The summed E-state index contributed by atoms with van der Waals surface area (Å²) in [4.78, 5) is 25.9. The van der Waals surface area contributed by atoms with Crippen LogP contribution in [-0.4, -0.2) is 28.5 Å². The van der Waals surface area contributed by atoms with Crippen molar-refractivity contribution < 1.29 is 18.4 Å². The van der Waals surface area contributed by atoms with Crippen LogP contribution in [0.15, 0.2) is 47.1 Å². The van der Waals surface area contributed by atoms with E-state index in [1.54, 1.807) is 37.3 Å². The Kier molecular flexibility index (Phi) is 4.89. The third-order valence-electron chi connectivity index (χ3n) is 3.77. The Morgan fingerprint density at radius 3 is 2.83 bits per heavy atom. The average molecular weight is 348 g/mol. The SMILES string of the molecule is C[C@@H]1S[C@H](c2ccccc2F)N(CC(=O)NCc2ccco2)C1=O. The Balaban J connectivity index is 1.70. The lowest BCUT2D eigenvalue weighted by atomic mass is 10.2. The van der Waals surface area contributed by atoms with Crippen LogP contribution < -0.4 is 5.32 Å². The van der Waals surface area contributed by atoms with Crippen molar-refractivity contribution >= 4 is 23.6 Å². The van der Waals surface area contributed by atoms with E-state index in [2.05, 4.69) is 5.32 Å². The van der Waals surface area contributed by atoms with E-state index >= 15 is 0 Å². The monoisotopic (exact) mass is 348 g/mol. The molecule has 1 fully saturated rings. The van der Waals surface area contributed by atoms with Crippen molar-refractivity contribution in [3.05, 3.63) is 59.8 Å². The third-order valence-corrected chi connectivity index (χ3v) is 5.15. The number of nitrogens with zero attached hydrogens (tertiary/aromatic N) is 1. The Labute approximate surface area is 143 Å². The first-order chi connectivity index (χ1) is 11.6. The first-order valence-corrected chi connectivity index (χ1v) is 8.50. The molecule has 2 heterocycles. The largest absolute Gasteiger partial charge is 0.467 e. The zero-order valence-electron chi connectivity index (χ0n) is 13.1. The Morgan fingerprint density at radius 1 is 1.33 bits per heavy atom. The lowest BCUT2D eigenvalue weighted by Crippen LogP contribution is -2.40. The molecule has 1 aliphatic rings. The van der Waals surface area contributed by atoms with E-state index in [1.807, 2.05) is 0 Å². The lowest BCUT2D eigenvalue weighted by Gasteiger charge is -2.23. The number of halogens is 1. The number of thioether (sulfide) groups is 1. The number of benzene rings is 1. The third kappa shape index (κ3) is 3.46. The van der Waals surface area contributed by atoms with Crippen molar-refractivity contribution in [1.82, 2.24) is 10.2 Å². The van der Waals surface area contributed by atoms with Crippen LogP contribution >= 0.6 is 11.8 Å². The molecule has 2 amide bonds. The van der Waals surface area contributed by atoms with Gasteiger partial charge in [0.2, 0.25) is 11.8 Å². The highest BCUT2D eigenvalue weighted by Crippen LogP contribution is 2.43. The molecule has 7 heteroatoms. The summed E-state index contributed by atoms with van der Waals surface area (Å²) < 4.78 is 19.2. The maximum atomic E-state index is 14.1. The van der Waals surface area contributed by atoms with Gasteiger partial charge in [0.25, 0.3) is 0 Å². The molecule has 1 aromatic carbocycles. The van der Waals surface area contributed by atoms with Crippen LogP contribution in [0.5, 0.6) is 0 Å². The molecular formula is C17H17FN2O3S. The Hall–Kier alpha value is -2.28. The molecule has 1 aliphatic heterocycles. The molecule has 0 bridgehead atoms. The van der Waals surface area contributed by atoms with E-state index in [0.717, 1.165) is 0 Å². The van der Waals surface area contributed by atoms with Gasteiger partial charge >= 0.3 is 0 Å². The van der Waals surface area contributed by atoms with Gasteiger partial charge in [0.1, 0.15) is 23.5 Å². The van der Waals surface area contributed by atoms with E-state index in [4.69, 9.17) is 4.42 Å². The highest BCUT2D eigenvalue weighted by molar-refractivity contribution is 8.01. The van der Waals surface area contributed by atoms with Gasteiger partial charge < -0.3 is 14.6 Å². The number of hydrogen-bond donors (Lipinski definition) is 1. The van der Waals surface area contributed by atoms with Crippen molar-refractivity contribution in [3.8, 4) is 0 Å². The summed E-state index contributed by atoms with van der Waals surface area (Å²) in [6.07, 6.45) is 1.53. The minimum absolute atomic E-state index is 0.115. The van der Waals surface area contributed by atoms with Crippen LogP contribution in [0.25, 0.3) is 0 Å². The van der Waals surface area contributed by atoms with Crippen LogP contribution in [0.4, 0.5) is 4.39 Å². The van der Waals surface area contributed by atoms with Gasteiger partial charge in [-0.2, -0.15) is 0 Å². The molecule has 24 heavy (non-hydrogen) atoms. The highest BCUT2D eigenvalue weighted by atomic mass is 32.2. The van der Waals surface area contributed by atoms with Crippen LogP contribution in [0.1, 0.15) is 23.6 Å². The number of hydrogen-bond acceptors (Lipinski definition) is 4. The van der Waals surface area contributed by atoms with Crippen molar-refractivity contribution in [1.29, 1.82) is 0 Å². The van der Waals surface area contributed by atoms with Crippen molar-refractivity contribution in [3.63, 3.8) is 0 Å². The minimum Gasteiger partial charge on any atom is -0.467 e. The predicted molar refractivity (Wildman–Crippen MR) is 88.5 cm³/mol. The minimum atomic E-state index is -0.497. The fourth-order valence-corrected chi connectivity index (χ4v) is 3.86. The first kappa shape index (κ1) is 16.6. The molecule has 2 atom stereocenters. The highest BCUT2D eigenvalue weighted by Gasteiger charge is 2.40. The average Bonchev–Trinajstić information content (AvgIpc) is 3.17. The quantitative estimate of drug-likeness (QED) is 0.902. The molecule has 2 aromatic rings. The molecule has 0 spiro atoms. The number of rotatable bonds is 5. The van der Waals surface area contributed by atoms with E-state index in [-0.39, 0.29) is 36.0 Å². The van der Waals surface area contributed by atoms with Gasteiger partial charge in [-0.25, -0.2) is 4.39 Å². The summed E-state index contributed by atoms with van der Waals surface area (Å²) in [6, 6.07) is 9.82. The molecule has 5 nitrogen and oxygen atoms in total. The van der Waals surface area contributed by atoms with Gasteiger partial charge in [-0.15, -0.1) is 11.8 Å². The summed E-state index contributed by atoms with van der Waals surface area (Å²) in [5.41, 5.74) is 0.416. The summed E-state index contributed by atoms with van der Waals surface area (Å²) >= 11 is 1.34. The predicted octanol–water partition coefficient (Wildman–Crippen LogP) is 2.70. The molecular weight excluding hydrogens is 331 g/mol. The molecule has 126 valence electrons. The van der Waals surface area contributed by atoms with E-state index in [1.165, 1.54) is 29.0 Å². The number of furan rings is 1. The molecule has 1 saturated heterocycles. The zero-order chi connectivity index (χ0) is 17.1. The van der Waals surface area contributed by atoms with Gasteiger partial charge in [0.05, 0.1) is 18.1 Å². The molecule has 0 unspecified atom stereocenters. The van der Waals surface area contributed by atoms with Gasteiger partial charge in [0.15, 0.2) is 0 Å². The first-order valence-electron chi connectivity index (χ1n) is 7.55. The smallest absolute Gasteiger partial charge is 0.240 e. The van der Waals surface area contributed by atoms with Gasteiger partial charge in [-0.3, -0.25) is 9.59 Å². The summed E-state index contributed by atoms with van der Waals surface area (Å²) in [5.74, 6) is -0.223. The zero-order valence-corrected chi connectivity index (χ0v) is 13.9. The van der Waals surface area contributed by atoms with Gasteiger partial charge in [0, 0.05) is 5.56 Å². The van der Waals surface area contributed by atoms with Crippen LogP contribution in [-0.2, 0) is 16.1 Å². The van der Waals surface area contributed by atoms with Crippen LogP contribution in [0, 0.1) is 5.82 Å². The molecule has 1 aromatic heterocycles. The Morgan fingerprint density at radius 2 is 2.12 bits per heavy atom. The van der Waals surface area contributed by atoms with Crippen LogP contribution in [0.2, 0.25) is 0 Å². The van der Waals surface area contributed by atoms with Crippen molar-refractivity contribution in [2.45, 2.75) is 24.1 Å². The number of carbonyl (C=O) groups is 2. The summed E-state index contributed by atoms with van der Waals surface area (Å²) in [6.45, 7) is 1.90. The summed E-state index contributed by atoms with van der Waals surface area (Å²) in [5, 5.41) is 1.89. The van der Waals surface area contributed by atoms with Gasteiger partial charge in [-0.1, -0.05) is 18.2 Å². The summed E-state index contributed by atoms with van der Waals surface area (Å²) in [7, 11) is 0. The molecule has 0 radical (unpaired) electrons. The van der Waals surface area contributed by atoms with Gasteiger partial charge in [-0.05, 0) is 25.1 Å². The second-order valence-electron chi connectivity index (χ2n) is 5.47. The number of nitrogens with one attached hydrogen (secondary N) is 1. The van der Waals surface area contributed by atoms with E-state index in [9.17, 15) is 14.0 Å². The fraction of sp³-hybridized carbons (Fsp3) is 0.294. The molecule has 3 rings (SSSR count). The maximum Gasteiger partial charge on any atom is 0.240 e. The molecule has 1 N–H and O–H groups in total. The maximum absolute atomic E-state index is 14.1. The molecule has 0 saturated carbocycles. The second-order valence-corrected chi connectivity index (χ2v) is 6.90.